The standard InChI is InChI=1S/C12H14BrNO5/c1-12(2,3)19-11(15)7-18-10-6-8(13)4-5-9(10)14(16)17/h4-6H,7H2,1-3H3. The van der Waals surface area contributed by atoms with Crippen molar-refractivity contribution in [2.75, 3.05) is 6.61 Å². The highest BCUT2D eigenvalue weighted by Gasteiger charge is 2.19. The van der Waals surface area contributed by atoms with Crippen molar-refractivity contribution >= 4 is 27.6 Å². The number of halogens is 1. The molecule has 0 atom stereocenters. The molecule has 19 heavy (non-hydrogen) atoms. The first kappa shape index (κ1) is 15.4. The van der Waals surface area contributed by atoms with Crippen LogP contribution in [-0.4, -0.2) is 23.1 Å². The molecule has 0 amide bonds. The molecule has 1 rings (SSSR count). The van der Waals surface area contributed by atoms with Gasteiger partial charge < -0.3 is 9.47 Å². The first-order valence-electron chi connectivity index (χ1n) is 5.47. The number of benzene rings is 1. The van der Waals surface area contributed by atoms with E-state index in [0.29, 0.717) is 4.47 Å². The molecule has 0 radical (unpaired) electrons. The van der Waals surface area contributed by atoms with Crippen LogP contribution < -0.4 is 4.74 Å². The summed E-state index contributed by atoms with van der Waals surface area (Å²) >= 11 is 3.18. The Morgan fingerprint density at radius 3 is 2.58 bits per heavy atom. The molecule has 7 heteroatoms. The smallest absolute Gasteiger partial charge is 0.344 e. The maximum atomic E-state index is 11.5. The molecule has 104 valence electrons. The molecule has 0 N–H and O–H groups in total. The van der Waals surface area contributed by atoms with Gasteiger partial charge in [0.2, 0.25) is 0 Å². The van der Waals surface area contributed by atoms with E-state index in [0.717, 1.165) is 0 Å². The lowest BCUT2D eigenvalue weighted by molar-refractivity contribution is -0.385. The predicted octanol–water partition coefficient (Wildman–Crippen LogP) is 3.08. The average molecular weight is 332 g/mol. The molecular weight excluding hydrogens is 318 g/mol. The maximum absolute atomic E-state index is 11.5. The number of hydrogen-bond acceptors (Lipinski definition) is 5. The summed E-state index contributed by atoms with van der Waals surface area (Å²) in [6.45, 7) is 4.81. The molecule has 0 aliphatic rings. The Hall–Kier alpha value is -1.63. The van der Waals surface area contributed by atoms with Crippen LogP contribution in [0.15, 0.2) is 22.7 Å². The fourth-order valence-corrected chi connectivity index (χ4v) is 1.60. The number of rotatable bonds is 4. The van der Waals surface area contributed by atoms with E-state index < -0.39 is 16.5 Å². The molecule has 0 aliphatic carbocycles. The minimum absolute atomic E-state index is 0.0187. The molecule has 0 heterocycles. The van der Waals surface area contributed by atoms with E-state index in [-0.39, 0.29) is 18.0 Å². The van der Waals surface area contributed by atoms with Gasteiger partial charge in [-0.3, -0.25) is 10.1 Å². The van der Waals surface area contributed by atoms with Crippen molar-refractivity contribution < 1.29 is 19.2 Å². The summed E-state index contributed by atoms with van der Waals surface area (Å²) in [6, 6.07) is 4.26. The van der Waals surface area contributed by atoms with Crippen LogP contribution in [0.25, 0.3) is 0 Å². The molecule has 0 saturated heterocycles. The second-order valence-corrected chi connectivity index (χ2v) is 5.66. The number of nitro benzene ring substituents is 1. The van der Waals surface area contributed by atoms with Crippen LogP contribution >= 0.6 is 15.9 Å². The quantitative estimate of drug-likeness (QED) is 0.481. The molecule has 0 saturated carbocycles. The summed E-state index contributed by atoms with van der Waals surface area (Å²) in [4.78, 5) is 21.7. The number of nitro groups is 1. The second kappa shape index (κ2) is 6.01. The fourth-order valence-electron chi connectivity index (χ4n) is 1.26. The van der Waals surface area contributed by atoms with Gasteiger partial charge in [0.1, 0.15) is 5.60 Å². The average Bonchev–Trinajstić information content (AvgIpc) is 2.23. The normalized spacial score (nSPS) is 10.9. The van der Waals surface area contributed by atoms with Gasteiger partial charge in [0.05, 0.1) is 4.92 Å². The first-order chi connectivity index (χ1) is 8.69. The van der Waals surface area contributed by atoms with Crippen LogP contribution in [-0.2, 0) is 9.53 Å². The van der Waals surface area contributed by atoms with E-state index in [2.05, 4.69) is 15.9 Å². The van der Waals surface area contributed by atoms with E-state index in [1.807, 2.05) is 0 Å². The van der Waals surface area contributed by atoms with Crippen molar-refractivity contribution in [3.8, 4) is 5.75 Å². The van der Waals surface area contributed by atoms with Crippen LogP contribution in [0.4, 0.5) is 5.69 Å². The summed E-state index contributed by atoms with van der Waals surface area (Å²) in [7, 11) is 0. The third kappa shape index (κ3) is 5.25. The van der Waals surface area contributed by atoms with Crippen LogP contribution in [0.1, 0.15) is 20.8 Å². The highest BCUT2D eigenvalue weighted by molar-refractivity contribution is 9.10. The number of ether oxygens (including phenoxy) is 2. The zero-order valence-corrected chi connectivity index (χ0v) is 12.4. The zero-order valence-electron chi connectivity index (χ0n) is 10.8. The molecule has 0 aliphatic heterocycles. The Morgan fingerprint density at radius 1 is 1.42 bits per heavy atom. The van der Waals surface area contributed by atoms with Gasteiger partial charge in [0, 0.05) is 16.6 Å². The third-order valence-electron chi connectivity index (χ3n) is 1.88. The lowest BCUT2D eigenvalue weighted by Crippen LogP contribution is -2.27. The van der Waals surface area contributed by atoms with Crippen LogP contribution in [0.2, 0.25) is 0 Å². The van der Waals surface area contributed by atoms with Crippen molar-refractivity contribution in [2.45, 2.75) is 26.4 Å². The van der Waals surface area contributed by atoms with Gasteiger partial charge >= 0.3 is 11.7 Å². The summed E-state index contributed by atoms with van der Waals surface area (Å²) in [5.41, 5.74) is -0.823. The van der Waals surface area contributed by atoms with Gasteiger partial charge in [-0.15, -0.1) is 0 Å². The Balaban J connectivity index is 2.75. The highest BCUT2D eigenvalue weighted by Crippen LogP contribution is 2.30. The van der Waals surface area contributed by atoms with Crippen LogP contribution in [0, 0.1) is 10.1 Å². The fraction of sp³-hybridized carbons (Fsp3) is 0.417. The van der Waals surface area contributed by atoms with Gasteiger partial charge in [-0.05, 0) is 26.8 Å². The maximum Gasteiger partial charge on any atom is 0.344 e. The monoisotopic (exact) mass is 331 g/mol. The molecule has 1 aromatic rings. The number of nitrogens with zero attached hydrogens (tertiary/aromatic N) is 1. The Kier molecular flexibility index (Phi) is 4.88. The second-order valence-electron chi connectivity index (χ2n) is 4.74. The van der Waals surface area contributed by atoms with Gasteiger partial charge in [-0.25, -0.2) is 4.79 Å². The lowest BCUT2D eigenvalue weighted by atomic mass is 10.2. The molecule has 6 nitrogen and oxygen atoms in total. The predicted molar refractivity (Wildman–Crippen MR) is 72.1 cm³/mol. The molecular formula is C12H14BrNO5. The van der Waals surface area contributed by atoms with Crippen molar-refractivity contribution in [3.05, 3.63) is 32.8 Å². The summed E-state index contributed by atoms with van der Waals surface area (Å²) in [5.74, 6) is -0.563. The largest absolute Gasteiger partial charge is 0.475 e. The molecule has 0 fully saturated rings. The number of carbonyl (C=O) groups excluding carboxylic acids is 1. The van der Waals surface area contributed by atoms with Crippen molar-refractivity contribution in [2.24, 2.45) is 0 Å². The Bertz CT molecular complexity index is 495. The number of carbonyl (C=O) groups is 1. The van der Waals surface area contributed by atoms with E-state index >= 15 is 0 Å². The van der Waals surface area contributed by atoms with E-state index in [1.165, 1.54) is 18.2 Å². The van der Waals surface area contributed by atoms with Gasteiger partial charge in [-0.1, -0.05) is 15.9 Å². The van der Waals surface area contributed by atoms with Crippen LogP contribution in [0.3, 0.4) is 0 Å². The Labute approximate surface area is 119 Å². The topological polar surface area (TPSA) is 78.7 Å². The van der Waals surface area contributed by atoms with E-state index in [4.69, 9.17) is 9.47 Å². The summed E-state index contributed by atoms with van der Waals surface area (Å²) < 4.78 is 10.8. The van der Waals surface area contributed by atoms with Gasteiger partial charge in [0.15, 0.2) is 12.4 Å². The Morgan fingerprint density at radius 2 is 2.05 bits per heavy atom. The van der Waals surface area contributed by atoms with Crippen molar-refractivity contribution in [1.29, 1.82) is 0 Å². The first-order valence-corrected chi connectivity index (χ1v) is 6.27. The van der Waals surface area contributed by atoms with Gasteiger partial charge in [0.25, 0.3) is 0 Å². The molecule has 0 bridgehead atoms. The van der Waals surface area contributed by atoms with Crippen LogP contribution in [0.5, 0.6) is 5.75 Å². The SMILES string of the molecule is CC(C)(C)OC(=O)COc1cc(Br)ccc1[N+](=O)[O-]. The van der Waals surface area contributed by atoms with E-state index in [1.54, 1.807) is 20.8 Å². The van der Waals surface area contributed by atoms with Crippen molar-refractivity contribution in [3.63, 3.8) is 0 Å². The molecule has 0 unspecified atom stereocenters. The minimum atomic E-state index is -0.621. The molecule has 0 aromatic heterocycles. The summed E-state index contributed by atoms with van der Waals surface area (Å²) in [5, 5.41) is 10.8. The van der Waals surface area contributed by atoms with Crippen molar-refractivity contribution in [1.82, 2.24) is 0 Å². The third-order valence-corrected chi connectivity index (χ3v) is 2.38. The zero-order chi connectivity index (χ0) is 14.6. The lowest BCUT2D eigenvalue weighted by Gasteiger charge is -2.19. The number of esters is 1. The van der Waals surface area contributed by atoms with Gasteiger partial charge in [-0.2, -0.15) is 0 Å². The molecule has 1 aromatic carbocycles. The molecule has 0 spiro atoms. The summed E-state index contributed by atoms with van der Waals surface area (Å²) in [6.07, 6.45) is 0. The highest BCUT2D eigenvalue weighted by atomic mass is 79.9. The number of hydrogen-bond donors (Lipinski definition) is 0. The minimum Gasteiger partial charge on any atom is -0.475 e. The van der Waals surface area contributed by atoms with E-state index in [9.17, 15) is 14.9 Å².